The second-order valence-electron chi connectivity index (χ2n) is 9.40. The molecule has 0 radical (unpaired) electrons. The normalized spacial score (nSPS) is 14.3. The van der Waals surface area contributed by atoms with Gasteiger partial charge in [-0.05, 0) is 51.3 Å². The standard InChI is InChI=1S/C27H37N7O2/c1-31(2)14-8-13-28-26-23-11-5-6-12-24(23)29-25(30-26)20-33-15-17-34(18-16-33)27(35)32(3)21-9-7-10-22(19-21)36-4/h5-7,9-12,19H,8,13-18,20H2,1-4H3,(H,28,29,30). The lowest BCUT2D eigenvalue weighted by molar-refractivity contribution is 0.138. The van der Waals surface area contributed by atoms with E-state index in [-0.39, 0.29) is 6.03 Å². The monoisotopic (exact) mass is 491 g/mol. The molecule has 0 bridgehead atoms. The Balaban J connectivity index is 1.37. The first-order valence-electron chi connectivity index (χ1n) is 12.5. The van der Waals surface area contributed by atoms with Gasteiger partial charge in [-0.2, -0.15) is 0 Å². The van der Waals surface area contributed by atoms with E-state index in [0.29, 0.717) is 19.6 Å². The van der Waals surface area contributed by atoms with E-state index in [1.165, 1.54) is 0 Å². The number of carbonyl (C=O) groups is 1. The van der Waals surface area contributed by atoms with Crippen LogP contribution in [0.5, 0.6) is 5.75 Å². The van der Waals surface area contributed by atoms with E-state index < -0.39 is 0 Å². The number of fused-ring (bicyclic) bond motifs is 1. The van der Waals surface area contributed by atoms with Crippen LogP contribution in [-0.4, -0.2) is 98.2 Å². The highest BCUT2D eigenvalue weighted by Crippen LogP contribution is 2.23. The van der Waals surface area contributed by atoms with Crippen molar-refractivity contribution in [3.05, 3.63) is 54.4 Å². The summed E-state index contributed by atoms with van der Waals surface area (Å²) < 4.78 is 5.30. The molecule has 9 heteroatoms. The minimum absolute atomic E-state index is 0.00549. The Bertz CT molecular complexity index is 1160. The highest BCUT2D eigenvalue weighted by atomic mass is 16.5. The number of urea groups is 1. The van der Waals surface area contributed by atoms with Gasteiger partial charge in [-0.1, -0.05) is 18.2 Å². The van der Waals surface area contributed by atoms with E-state index in [1.54, 1.807) is 19.1 Å². The van der Waals surface area contributed by atoms with Crippen molar-refractivity contribution in [1.29, 1.82) is 0 Å². The number of ether oxygens (including phenoxy) is 1. The number of nitrogens with one attached hydrogen (secondary N) is 1. The number of amides is 2. The molecule has 192 valence electrons. The molecule has 1 aliphatic rings. The van der Waals surface area contributed by atoms with Crippen LogP contribution in [-0.2, 0) is 6.54 Å². The largest absolute Gasteiger partial charge is 0.497 e. The van der Waals surface area contributed by atoms with Crippen LogP contribution in [0.3, 0.4) is 0 Å². The Morgan fingerprint density at radius 1 is 1.03 bits per heavy atom. The fourth-order valence-electron chi connectivity index (χ4n) is 4.37. The van der Waals surface area contributed by atoms with Crippen LogP contribution >= 0.6 is 0 Å². The fraction of sp³-hybridized carbons (Fsp3) is 0.444. The minimum atomic E-state index is -0.00549. The number of piperazine rings is 1. The molecule has 1 aliphatic heterocycles. The lowest BCUT2D eigenvalue weighted by Gasteiger charge is -2.36. The molecule has 1 N–H and O–H groups in total. The van der Waals surface area contributed by atoms with Crippen molar-refractivity contribution in [1.82, 2.24) is 24.7 Å². The first-order chi connectivity index (χ1) is 17.4. The zero-order chi connectivity index (χ0) is 25.5. The molecule has 1 aromatic heterocycles. The van der Waals surface area contributed by atoms with Gasteiger partial charge in [-0.15, -0.1) is 0 Å². The minimum Gasteiger partial charge on any atom is -0.497 e. The summed E-state index contributed by atoms with van der Waals surface area (Å²) in [6.07, 6.45) is 1.04. The molecule has 2 amide bonds. The lowest BCUT2D eigenvalue weighted by atomic mass is 10.2. The summed E-state index contributed by atoms with van der Waals surface area (Å²) >= 11 is 0. The summed E-state index contributed by atoms with van der Waals surface area (Å²) in [5, 5.41) is 4.56. The topological polar surface area (TPSA) is 77.1 Å². The maximum absolute atomic E-state index is 13.1. The molecule has 3 aromatic rings. The Morgan fingerprint density at radius 2 is 1.81 bits per heavy atom. The van der Waals surface area contributed by atoms with Gasteiger partial charge in [0.25, 0.3) is 0 Å². The molecule has 1 fully saturated rings. The van der Waals surface area contributed by atoms with Gasteiger partial charge in [0.05, 0.1) is 19.2 Å². The third kappa shape index (κ3) is 6.41. The van der Waals surface area contributed by atoms with Gasteiger partial charge >= 0.3 is 6.03 Å². The van der Waals surface area contributed by atoms with Gasteiger partial charge in [0, 0.05) is 56.9 Å². The summed E-state index contributed by atoms with van der Waals surface area (Å²) in [4.78, 5) is 30.8. The lowest BCUT2D eigenvalue weighted by Crippen LogP contribution is -2.52. The number of carbonyl (C=O) groups excluding carboxylic acids is 1. The molecule has 1 saturated heterocycles. The maximum Gasteiger partial charge on any atom is 0.324 e. The zero-order valence-electron chi connectivity index (χ0n) is 21.8. The van der Waals surface area contributed by atoms with Crippen LogP contribution in [0.4, 0.5) is 16.3 Å². The van der Waals surface area contributed by atoms with Gasteiger partial charge in [0.15, 0.2) is 0 Å². The molecule has 0 unspecified atom stereocenters. The number of hydrogen-bond donors (Lipinski definition) is 1. The molecule has 9 nitrogen and oxygen atoms in total. The Labute approximate surface area is 213 Å². The van der Waals surface area contributed by atoms with Crippen molar-refractivity contribution >= 4 is 28.4 Å². The van der Waals surface area contributed by atoms with Crippen molar-refractivity contribution in [2.24, 2.45) is 0 Å². The van der Waals surface area contributed by atoms with Crippen LogP contribution in [0.1, 0.15) is 12.2 Å². The van der Waals surface area contributed by atoms with Crippen molar-refractivity contribution in [3.8, 4) is 5.75 Å². The molecule has 36 heavy (non-hydrogen) atoms. The van der Waals surface area contributed by atoms with Crippen molar-refractivity contribution < 1.29 is 9.53 Å². The molecule has 0 saturated carbocycles. The Hall–Kier alpha value is -3.43. The van der Waals surface area contributed by atoms with Gasteiger partial charge in [0.2, 0.25) is 0 Å². The maximum atomic E-state index is 13.1. The zero-order valence-corrected chi connectivity index (χ0v) is 21.8. The molecule has 2 aromatic carbocycles. The predicted octanol–water partition coefficient (Wildman–Crippen LogP) is 3.38. The molecule has 4 rings (SSSR count). The molecule has 2 heterocycles. The van der Waals surface area contributed by atoms with E-state index in [9.17, 15) is 4.79 Å². The van der Waals surface area contributed by atoms with E-state index in [2.05, 4.69) is 35.3 Å². The van der Waals surface area contributed by atoms with E-state index >= 15 is 0 Å². The number of hydrogen-bond acceptors (Lipinski definition) is 7. The Kier molecular flexibility index (Phi) is 8.56. The second-order valence-corrected chi connectivity index (χ2v) is 9.40. The van der Waals surface area contributed by atoms with Gasteiger partial charge in [-0.3, -0.25) is 9.80 Å². The SMILES string of the molecule is COc1cccc(N(C)C(=O)N2CCN(Cc3nc(NCCCN(C)C)c4ccccc4n3)CC2)c1. The first-order valence-corrected chi connectivity index (χ1v) is 12.5. The van der Waals surface area contributed by atoms with Gasteiger partial charge in [-0.25, -0.2) is 14.8 Å². The van der Waals surface area contributed by atoms with Crippen LogP contribution in [0, 0.1) is 0 Å². The number of aromatic nitrogens is 2. The summed E-state index contributed by atoms with van der Waals surface area (Å²) in [5.74, 6) is 2.43. The number of para-hydroxylation sites is 1. The molecular weight excluding hydrogens is 454 g/mol. The highest BCUT2D eigenvalue weighted by Gasteiger charge is 2.25. The van der Waals surface area contributed by atoms with E-state index in [4.69, 9.17) is 14.7 Å². The average molecular weight is 492 g/mol. The number of benzene rings is 2. The molecule has 0 aliphatic carbocycles. The second kappa shape index (κ2) is 12.0. The predicted molar refractivity (Wildman–Crippen MR) is 145 cm³/mol. The van der Waals surface area contributed by atoms with Crippen molar-refractivity contribution in [3.63, 3.8) is 0 Å². The summed E-state index contributed by atoms with van der Waals surface area (Å²) in [6.45, 7) is 5.43. The third-order valence-corrected chi connectivity index (χ3v) is 6.46. The fourth-order valence-corrected chi connectivity index (χ4v) is 4.37. The van der Waals surface area contributed by atoms with E-state index in [0.717, 1.165) is 66.6 Å². The number of rotatable bonds is 9. The summed E-state index contributed by atoms with van der Waals surface area (Å²) in [7, 11) is 7.60. The average Bonchev–Trinajstić information content (AvgIpc) is 2.90. The van der Waals surface area contributed by atoms with Crippen LogP contribution < -0.4 is 15.0 Å². The highest BCUT2D eigenvalue weighted by molar-refractivity contribution is 5.91. The van der Waals surface area contributed by atoms with Crippen LogP contribution in [0.25, 0.3) is 10.9 Å². The summed E-state index contributed by atoms with van der Waals surface area (Å²) in [6, 6.07) is 15.7. The summed E-state index contributed by atoms with van der Waals surface area (Å²) in [5.41, 5.74) is 1.77. The quantitative estimate of drug-likeness (QED) is 0.460. The number of methoxy groups -OCH3 is 1. The molecular formula is C27H37N7O2. The molecule has 0 atom stereocenters. The van der Waals surface area contributed by atoms with Crippen molar-refractivity contribution in [2.75, 3.05) is 77.7 Å². The van der Waals surface area contributed by atoms with Crippen LogP contribution in [0.2, 0.25) is 0 Å². The number of anilines is 2. The third-order valence-electron chi connectivity index (χ3n) is 6.46. The van der Waals surface area contributed by atoms with Gasteiger partial charge < -0.3 is 19.9 Å². The Morgan fingerprint density at radius 3 is 2.56 bits per heavy atom. The van der Waals surface area contributed by atoms with Crippen molar-refractivity contribution in [2.45, 2.75) is 13.0 Å². The van der Waals surface area contributed by atoms with Gasteiger partial charge in [0.1, 0.15) is 17.4 Å². The molecule has 0 spiro atoms. The first kappa shape index (κ1) is 25.7. The van der Waals surface area contributed by atoms with Crippen LogP contribution in [0.15, 0.2) is 48.5 Å². The number of nitrogens with zero attached hydrogens (tertiary/aromatic N) is 6. The van der Waals surface area contributed by atoms with E-state index in [1.807, 2.05) is 47.4 Å². The smallest absolute Gasteiger partial charge is 0.324 e.